The monoisotopic (exact) mass is 251 g/mol. The lowest BCUT2D eigenvalue weighted by Gasteiger charge is -2.20. The first-order chi connectivity index (χ1) is 7.57. The van der Waals surface area contributed by atoms with Gasteiger partial charge in [0.1, 0.15) is 0 Å². The molecule has 0 unspecified atom stereocenters. The minimum Gasteiger partial charge on any atom is -0.316 e. The molecule has 0 radical (unpaired) electrons. The molecule has 2 fully saturated rings. The maximum Gasteiger partial charge on any atom is -0.00111 e. The van der Waals surface area contributed by atoms with Gasteiger partial charge in [0, 0.05) is 0 Å². The molecule has 1 saturated heterocycles. The Morgan fingerprint density at radius 1 is 1.12 bits per heavy atom. The number of nitrogens with one attached hydrogen (secondary N) is 1. The zero-order valence-electron chi connectivity index (χ0n) is 10.9. The highest BCUT2D eigenvalue weighted by Gasteiger charge is 2.53. The van der Waals surface area contributed by atoms with Crippen LogP contribution in [-0.2, 0) is 5.41 Å². The molecule has 1 saturated carbocycles. The van der Waals surface area contributed by atoms with Crippen molar-refractivity contribution in [1.29, 1.82) is 0 Å². The van der Waals surface area contributed by atoms with Crippen molar-refractivity contribution in [2.45, 2.75) is 32.1 Å². The molecule has 17 heavy (non-hydrogen) atoms. The van der Waals surface area contributed by atoms with Crippen LogP contribution < -0.4 is 5.32 Å². The minimum atomic E-state index is 0. The Kier molecular flexibility index (Phi) is 3.26. The summed E-state index contributed by atoms with van der Waals surface area (Å²) in [4.78, 5) is 0. The first-order valence-electron chi connectivity index (χ1n) is 6.38. The Morgan fingerprint density at radius 3 is 2.35 bits per heavy atom. The van der Waals surface area contributed by atoms with E-state index in [1.807, 2.05) is 0 Å². The van der Waals surface area contributed by atoms with Crippen LogP contribution in [0, 0.1) is 11.8 Å². The van der Waals surface area contributed by atoms with Crippen molar-refractivity contribution >= 4 is 12.4 Å². The first kappa shape index (κ1) is 12.9. The zero-order valence-corrected chi connectivity index (χ0v) is 11.7. The average Bonchev–Trinajstić information content (AvgIpc) is 2.72. The van der Waals surface area contributed by atoms with Crippen molar-refractivity contribution in [2.75, 3.05) is 13.1 Å². The van der Waals surface area contributed by atoms with Crippen LogP contribution in [0.4, 0.5) is 0 Å². The molecule has 0 aromatic heterocycles. The fourth-order valence-corrected chi connectivity index (χ4v) is 3.13. The third-order valence-corrected chi connectivity index (χ3v) is 4.23. The smallest absolute Gasteiger partial charge is 0.00111 e. The second kappa shape index (κ2) is 4.29. The summed E-state index contributed by atoms with van der Waals surface area (Å²) in [6.07, 6.45) is 0. The molecule has 3 rings (SSSR count). The number of hydrogen-bond acceptors (Lipinski definition) is 1. The van der Waals surface area contributed by atoms with Crippen LogP contribution >= 0.6 is 12.4 Å². The number of halogens is 1. The van der Waals surface area contributed by atoms with E-state index in [0.29, 0.717) is 0 Å². The highest BCUT2D eigenvalue weighted by Crippen LogP contribution is 2.55. The van der Waals surface area contributed by atoms with Crippen LogP contribution in [0.25, 0.3) is 0 Å². The Balaban J connectivity index is 0.00000108. The molecule has 1 heterocycles. The first-order valence-corrected chi connectivity index (χ1v) is 6.38. The highest BCUT2D eigenvalue weighted by atomic mass is 35.5. The van der Waals surface area contributed by atoms with Crippen molar-refractivity contribution in [1.82, 2.24) is 5.32 Å². The summed E-state index contributed by atoms with van der Waals surface area (Å²) in [5.74, 6) is 2.70. The van der Waals surface area contributed by atoms with Gasteiger partial charge in [-0.2, -0.15) is 0 Å². The van der Waals surface area contributed by atoms with Crippen LogP contribution in [0.2, 0.25) is 0 Å². The third-order valence-electron chi connectivity index (χ3n) is 4.23. The standard InChI is InChI=1S/C15H21N.ClH/c1-15(2,3)11-6-4-5-10(7-11)14-12-8-16-9-13(12)14;/h4-7,12-14,16H,8-9H2,1-3H3;1H/t12-,13+,14+;. The molecule has 1 N–H and O–H groups in total. The van der Waals surface area contributed by atoms with Crippen LogP contribution in [0.3, 0.4) is 0 Å². The van der Waals surface area contributed by atoms with Crippen LogP contribution in [0.1, 0.15) is 37.8 Å². The van der Waals surface area contributed by atoms with Gasteiger partial charge in [0.2, 0.25) is 0 Å². The van der Waals surface area contributed by atoms with Gasteiger partial charge < -0.3 is 5.32 Å². The molecule has 0 bridgehead atoms. The number of benzene rings is 1. The van der Waals surface area contributed by atoms with E-state index in [1.165, 1.54) is 18.7 Å². The summed E-state index contributed by atoms with van der Waals surface area (Å²) in [6.45, 7) is 9.34. The molecular weight excluding hydrogens is 230 g/mol. The molecule has 1 aromatic rings. The lowest BCUT2D eigenvalue weighted by atomic mass is 9.85. The van der Waals surface area contributed by atoms with E-state index in [4.69, 9.17) is 0 Å². The Morgan fingerprint density at radius 2 is 1.76 bits per heavy atom. The number of hydrogen-bond donors (Lipinski definition) is 1. The Bertz CT molecular complexity index is 398. The van der Waals surface area contributed by atoms with E-state index in [2.05, 4.69) is 50.4 Å². The van der Waals surface area contributed by atoms with Gasteiger partial charge in [-0.05, 0) is 47.4 Å². The minimum absolute atomic E-state index is 0. The van der Waals surface area contributed by atoms with Gasteiger partial charge in [0.25, 0.3) is 0 Å². The zero-order chi connectivity index (χ0) is 11.3. The van der Waals surface area contributed by atoms with Crippen LogP contribution in [0.15, 0.2) is 24.3 Å². The molecule has 2 heteroatoms. The van der Waals surface area contributed by atoms with E-state index in [1.54, 1.807) is 5.56 Å². The fraction of sp³-hybridized carbons (Fsp3) is 0.600. The molecule has 1 aliphatic carbocycles. The largest absolute Gasteiger partial charge is 0.316 e. The highest BCUT2D eigenvalue weighted by molar-refractivity contribution is 5.85. The van der Waals surface area contributed by atoms with E-state index >= 15 is 0 Å². The quantitative estimate of drug-likeness (QED) is 0.807. The summed E-state index contributed by atoms with van der Waals surface area (Å²) in [6, 6.07) is 9.25. The number of piperidine rings is 1. The molecule has 94 valence electrons. The van der Waals surface area contributed by atoms with E-state index in [0.717, 1.165) is 17.8 Å². The van der Waals surface area contributed by atoms with E-state index < -0.39 is 0 Å². The predicted molar refractivity (Wildman–Crippen MR) is 75.0 cm³/mol. The second-order valence-electron chi connectivity index (χ2n) is 6.39. The van der Waals surface area contributed by atoms with Crippen molar-refractivity contribution in [3.8, 4) is 0 Å². The van der Waals surface area contributed by atoms with Gasteiger partial charge in [0.05, 0.1) is 0 Å². The number of fused-ring (bicyclic) bond motifs is 1. The molecule has 1 aliphatic heterocycles. The topological polar surface area (TPSA) is 12.0 Å². The summed E-state index contributed by atoms with van der Waals surface area (Å²) in [5.41, 5.74) is 3.32. The van der Waals surface area contributed by atoms with Crippen molar-refractivity contribution in [3.63, 3.8) is 0 Å². The summed E-state index contributed by atoms with van der Waals surface area (Å²) >= 11 is 0. The Labute approximate surface area is 110 Å². The van der Waals surface area contributed by atoms with Crippen LogP contribution in [0.5, 0.6) is 0 Å². The van der Waals surface area contributed by atoms with Gasteiger partial charge in [0.15, 0.2) is 0 Å². The summed E-state index contributed by atoms with van der Waals surface area (Å²) in [5, 5.41) is 3.47. The van der Waals surface area contributed by atoms with Crippen molar-refractivity contribution in [2.24, 2.45) is 11.8 Å². The predicted octanol–water partition coefficient (Wildman–Crippen LogP) is 3.34. The average molecular weight is 252 g/mol. The molecule has 0 amide bonds. The van der Waals surface area contributed by atoms with Gasteiger partial charge in [-0.1, -0.05) is 45.0 Å². The Hall–Kier alpha value is -0.530. The molecule has 1 nitrogen and oxygen atoms in total. The second-order valence-corrected chi connectivity index (χ2v) is 6.39. The number of rotatable bonds is 1. The van der Waals surface area contributed by atoms with E-state index in [9.17, 15) is 0 Å². The maximum atomic E-state index is 3.47. The summed E-state index contributed by atoms with van der Waals surface area (Å²) in [7, 11) is 0. The normalized spacial score (nSPS) is 30.6. The lowest BCUT2D eigenvalue weighted by molar-refractivity contribution is 0.588. The van der Waals surface area contributed by atoms with Gasteiger partial charge in [-0.25, -0.2) is 0 Å². The van der Waals surface area contributed by atoms with Crippen LogP contribution in [-0.4, -0.2) is 13.1 Å². The third kappa shape index (κ3) is 2.23. The van der Waals surface area contributed by atoms with Crippen molar-refractivity contribution in [3.05, 3.63) is 35.4 Å². The lowest BCUT2D eigenvalue weighted by Crippen LogP contribution is -2.15. The molecule has 3 atom stereocenters. The van der Waals surface area contributed by atoms with Crippen molar-refractivity contribution < 1.29 is 0 Å². The SMILES string of the molecule is CC(C)(C)c1cccc([C@H]2[C@@H]3CNC[C@@H]32)c1.Cl. The maximum absolute atomic E-state index is 3.47. The fourth-order valence-electron chi connectivity index (χ4n) is 3.13. The van der Waals surface area contributed by atoms with Gasteiger partial charge >= 0.3 is 0 Å². The van der Waals surface area contributed by atoms with Gasteiger partial charge in [-0.3, -0.25) is 0 Å². The van der Waals surface area contributed by atoms with E-state index in [-0.39, 0.29) is 17.8 Å². The van der Waals surface area contributed by atoms with Gasteiger partial charge in [-0.15, -0.1) is 12.4 Å². The molecule has 0 spiro atoms. The molecule has 2 aliphatic rings. The summed E-state index contributed by atoms with van der Waals surface area (Å²) < 4.78 is 0. The molecular formula is C15H22ClN. The molecule has 1 aromatic carbocycles.